The van der Waals surface area contributed by atoms with E-state index in [1.54, 1.807) is 11.1 Å². The highest BCUT2D eigenvalue weighted by Gasteiger charge is 2.42. The summed E-state index contributed by atoms with van der Waals surface area (Å²) in [5.41, 5.74) is 7.87. The van der Waals surface area contributed by atoms with E-state index in [1.165, 1.54) is 0 Å². The first-order valence-corrected chi connectivity index (χ1v) is 23.5. The topological polar surface area (TPSA) is 108 Å². The number of carbonyl (C=O) groups excluding carboxylic acids is 1. The molecule has 0 unspecified atom stereocenters. The molecule has 0 radical (unpaired) electrons. The number of rotatable bonds is 11. The monoisotopic (exact) mass is 825 g/mol. The van der Waals surface area contributed by atoms with E-state index in [9.17, 15) is 10.1 Å². The van der Waals surface area contributed by atoms with Crippen molar-refractivity contribution in [2.45, 2.75) is 96.1 Å². The van der Waals surface area contributed by atoms with Gasteiger partial charge in [-0.2, -0.15) is 15.2 Å². The number of nitrogens with zero attached hydrogens (tertiary/aromatic N) is 7. The second-order valence-corrected chi connectivity index (χ2v) is 22.7. The maximum atomic E-state index is 17.5. The van der Waals surface area contributed by atoms with Crippen LogP contribution in [0.4, 0.5) is 15.0 Å². The van der Waals surface area contributed by atoms with Crippen molar-refractivity contribution in [2.75, 3.05) is 44.7 Å². The number of ether oxygens (including phenoxy) is 2. The van der Waals surface area contributed by atoms with Gasteiger partial charge in [0.1, 0.15) is 38.3 Å². The summed E-state index contributed by atoms with van der Waals surface area (Å²) in [6.45, 7) is 16.2. The maximum absolute atomic E-state index is 17.5. The molecule has 10 nitrogen and oxygen atoms in total. The van der Waals surface area contributed by atoms with Crippen molar-refractivity contribution >= 4 is 41.7 Å². The molecule has 2 aliphatic rings. The summed E-state index contributed by atoms with van der Waals surface area (Å²) < 4.78 is 29.4. The quantitative estimate of drug-likeness (QED) is 0.0951. The molecule has 0 bridgehead atoms. The fraction of sp³-hybridized carbons (Fsp3) is 0.438. The molecular formula is C48H56FN7O3Si. The molecule has 5 aromatic rings. The number of fused-ring (bicyclic) bond motifs is 2. The second kappa shape index (κ2) is 18.4. The minimum Gasteiger partial charge on any atom is -0.462 e. The van der Waals surface area contributed by atoms with Crippen molar-refractivity contribution in [3.8, 4) is 34.8 Å². The molecule has 2 aliphatic heterocycles. The van der Waals surface area contributed by atoms with Crippen LogP contribution < -0.4 is 9.64 Å². The number of hydrogen-bond donors (Lipinski definition) is 0. The number of halogens is 1. The average molecular weight is 826 g/mol. The largest absolute Gasteiger partial charge is 0.462 e. The van der Waals surface area contributed by atoms with Crippen molar-refractivity contribution in [3.63, 3.8) is 0 Å². The van der Waals surface area contributed by atoms with Crippen molar-refractivity contribution in [3.05, 3.63) is 89.9 Å². The van der Waals surface area contributed by atoms with Crippen LogP contribution in [0.15, 0.2) is 72.9 Å². The molecule has 0 N–H and O–H groups in total. The van der Waals surface area contributed by atoms with Gasteiger partial charge in [-0.15, -0.1) is 5.54 Å². The van der Waals surface area contributed by atoms with Crippen LogP contribution in [0.1, 0.15) is 71.9 Å². The van der Waals surface area contributed by atoms with E-state index in [1.807, 2.05) is 71.6 Å². The lowest BCUT2D eigenvalue weighted by Gasteiger charge is -2.40. The predicted octanol–water partition coefficient (Wildman–Crippen LogP) is 9.77. The lowest BCUT2D eigenvalue weighted by Crippen LogP contribution is -2.55. The molecule has 60 heavy (non-hydrogen) atoms. The Balaban J connectivity index is 1.29. The molecule has 0 saturated carbocycles. The number of likely N-dealkylation sites (N-methyl/N-ethyl adjacent to an activating group) is 1. The van der Waals surface area contributed by atoms with E-state index >= 15 is 4.39 Å². The lowest BCUT2D eigenvalue weighted by atomic mass is 9.96. The Labute approximate surface area is 354 Å². The van der Waals surface area contributed by atoms with Gasteiger partial charge in [0.05, 0.1) is 23.9 Å². The SMILES string of the molecule is CC(C)[Si](C#Cc1cccc2cccc(-c3ncc4c(N5CCN(C(=O)OCc6ccccc6)[C@@H](CC#N)C5)nc(OC[C@@H]5CCCN5C)nc4c3F)c12)(C(C)C)C(C)C. The van der Waals surface area contributed by atoms with Gasteiger partial charge in [-0.05, 0) is 60.1 Å². The van der Waals surface area contributed by atoms with Crippen molar-refractivity contribution in [1.29, 1.82) is 5.26 Å². The van der Waals surface area contributed by atoms with Crippen LogP contribution in [-0.2, 0) is 11.3 Å². The van der Waals surface area contributed by atoms with Crippen molar-refractivity contribution in [2.24, 2.45) is 0 Å². The lowest BCUT2D eigenvalue weighted by molar-refractivity contribution is 0.0768. The smallest absolute Gasteiger partial charge is 0.410 e. The van der Waals surface area contributed by atoms with E-state index in [2.05, 4.69) is 71.0 Å². The molecule has 12 heteroatoms. The summed E-state index contributed by atoms with van der Waals surface area (Å²) in [7, 11) is 0.00537. The molecule has 4 heterocycles. The number of hydrogen-bond acceptors (Lipinski definition) is 9. The van der Waals surface area contributed by atoms with Crippen molar-refractivity contribution in [1.82, 2.24) is 24.8 Å². The fourth-order valence-electron chi connectivity index (χ4n) is 9.50. The number of carbonyl (C=O) groups is 1. The van der Waals surface area contributed by atoms with E-state index in [0.29, 0.717) is 46.5 Å². The molecule has 312 valence electrons. The Morgan fingerprint density at radius 3 is 2.35 bits per heavy atom. The van der Waals surface area contributed by atoms with E-state index in [4.69, 9.17) is 24.4 Å². The van der Waals surface area contributed by atoms with Crippen LogP contribution >= 0.6 is 0 Å². The first-order valence-electron chi connectivity index (χ1n) is 21.3. The van der Waals surface area contributed by atoms with Crippen LogP contribution in [0, 0.1) is 28.6 Å². The summed E-state index contributed by atoms with van der Waals surface area (Å²) >= 11 is 0. The summed E-state index contributed by atoms with van der Waals surface area (Å²) in [6.07, 6.45) is 3.29. The molecule has 2 aromatic heterocycles. The zero-order valence-electron chi connectivity index (χ0n) is 35.9. The number of amides is 1. The molecule has 3 aromatic carbocycles. The third-order valence-corrected chi connectivity index (χ3v) is 19.0. The number of anilines is 1. The maximum Gasteiger partial charge on any atom is 0.410 e. The molecule has 2 saturated heterocycles. The standard InChI is InChI=1S/C48H56FN7O3Si/c1-32(2)60(33(3)4,34(5)6)27-22-37-17-11-16-36-18-12-20-40(42(36)37)44-43(49)45-41(28-51-44)46(53-47(52-45)58-31-39-19-13-24-54(39)7)55-25-26-56(38(29-55)21-23-50)48(57)59-30-35-14-9-8-10-15-35/h8-12,14-18,20,28,32-34,38-39H,13,19,21,24-26,29-31H2,1-7H3/t38-,39-/m0/s1. The Morgan fingerprint density at radius 1 is 0.933 bits per heavy atom. The van der Waals surface area contributed by atoms with Gasteiger partial charge in [0.15, 0.2) is 5.82 Å². The third-order valence-electron chi connectivity index (χ3n) is 12.7. The highest BCUT2D eigenvalue weighted by atomic mass is 28.3. The van der Waals surface area contributed by atoms with Gasteiger partial charge in [0, 0.05) is 48.4 Å². The van der Waals surface area contributed by atoms with Gasteiger partial charge < -0.3 is 24.2 Å². The average Bonchev–Trinajstić information content (AvgIpc) is 3.66. The Kier molecular flexibility index (Phi) is 13.0. The zero-order chi connectivity index (χ0) is 42.6. The van der Waals surface area contributed by atoms with Gasteiger partial charge in [0.2, 0.25) is 0 Å². The van der Waals surface area contributed by atoms with Crippen LogP contribution in [0.25, 0.3) is 32.9 Å². The van der Waals surface area contributed by atoms with Crippen molar-refractivity contribution < 1.29 is 18.7 Å². The van der Waals surface area contributed by atoms with E-state index < -0.39 is 26.0 Å². The summed E-state index contributed by atoms with van der Waals surface area (Å²) in [4.78, 5) is 33.6. The van der Waals surface area contributed by atoms with Crippen LogP contribution in [0.2, 0.25) is 16.6 Å². The van der Waals surface area contributed by atoms with Gasteiger partial charge >= 0.3 is 12.1 Å². The first-order chi connectivity index (χ1) is 28.9. The minimum atomic E-state index is -2.07. The Morgan fingerprint density at radius 2 is 1.67 bits per heavy atom. The minimum absolute atomic E-state index is 0.0669. The second-order valence-electron chi connectivity index (χ2n) is 17.2. The fourth-order valence-corrected chi connectivity index (χ4v) is 14.7. The van der Waals surface area contributed by atoms with Crippen LogP contribution in [0.3, 0.4) is 0 Å². The molecular weight excluding hydrogens is 770 g/mol. The first kappa shape index (κ1) is 42.6. The Bertz CT molecular complexity index is 2420. The molecule has 2 fully saturated rings. The number of pyridine rings is 1. The molecule has 1 amide bonds. The Hall–Kier alpha value is -5.56. The summed E-state index contributed by atoms with van der Waals surface area (Å²) in [6, 6.07) is 23.4. The third kappa shape index (κ3) is 8.54. The highest BCUT2D eigenvalue weighted by Crippen LogP contribution is 2.42. The number of aromatic nitrogens is 3. The highest BCUT2D eigenvalue weighted by molar-refractivity contribution is 6.90. The van der Waals surface area contributed by atoms with Gasteiger partial charge in [-0.1, -0.05) is 108 Å². The molecule has 0 aliphatic carbocycles. The number of benzene rings is 3. The van der Waals surface area contributed by atoms with E-state index in [-0.39, 0.29) is 49.4 Å². The molecule has 0 spiro atoms. The summed E-state index contributed by atoms with van der Waals surface area (Å²) in [5.74, 6) is 3.49. The van der Waals surface area contributed by atoms with Gasteiger partial charge in [-0.25, -0.2) is 9.18 Å². The summed E-state index contributed by atoms with van der Waals surface area (Å²) in [5, 5.41) is 12.1. The zero-order valence-corrected chi connectivity index (χ0v) is 36.9. The van der Waals surface area contributed by atoms with E-state index in [0.717, 1.165) is 41.3 Å². The number of likely N-dealkylation sites (tertiary alicyclic amines) is 1. The van der Waals surface area contributed by atoms with Gasteiger partial charge in [-0.3, -0.25) is 4.98 Å². The number of piperazine rings is 1. The predicted molar refractivity (Wildman–Crippen MR) is 239 cm³/mol. The van der Waals surface area contributed by atoms with Crippen LogP contribution in [0.5, 0.6) is 6.01 Å². The molecule has 7 rings (SSSR count). The molecule has 2 atom stereocenters. The number of nitriles is 1. The normalized spacial score (nSPS) is 17.4. The van der Waals surface area contributed by atoms with Crippen LogP contribution in [-0.4, -0.2) is 90.8 Å². The van der Waals surface area contributed by atoms with Gasteiger partial charge in [0.25, 0.3) is 0 Å².